The molecule has 0 saturated carbocycles. The summed E-state index contributed by atoms with van der Waals surface area (Å²) in [5.74, 6) is 2.91. The van der Waals surface area contributed by atoms with Crippen LogP contribution in [-0.4, -0.2) is 36.2 Å². The second kappa shape index (κ2) is 3.88. The second-order valence-electron chi connectivity index (χ2n) is 3.78. The highest BCUT2D eigenvalue weighted by Gasteiger charge is 2.31. The molecule has 1 amide bonds. The van der Waals surface area contributed by atoms with E-state index in [-0.39, 0.29) is 12.0 Å². The highest BCUT2D eigenvalue weighted by molar-refractivity contribution is 7.99. The van der Waals surface area contributed by atoms with Crippen molar-refractivity contribution in [2.75, 3.05) is 18.1 Å². The molecule has 2 aliphatic heterocycles. The summed E-state index contributed by atoms with van der Waals surface area (Å²) in [6.45, 7) is 2.93. The van der Waals surface area contributed by atoms with Crippen LogP contribution < -0.4 is 5.32 Å². The Labute approximate surface area is 82.6 Å². The number of amides is 1. The van der Waals surface area contributed by atoms with Crippen molar-refractivity contribution in [1.82, 2.24) is 5.32 Å². The van der Waals surface area contributed by atoms with Gasteiger partial charge in [-0.1, -0.05) is 6.92 Å². The van der Waals surface area contributed by atoms with Crippen LogP contribution in [-0.2, 0) is 9.53 Å². The molecule has 1 N–H and O–H groups in total. The largest absolute Gasteiger partial charge is 0.368 e. The van der Waals surface area contributed by atoms with Crippen LogP contribution in [0.1, 0.15) is 13.3 Å². The SMILES string of the molecule is CC1CSCC1NC(=O)C1CCO1. The normalized spacial score (nSPS) is 38.4. The zero-order valence-corrected chi connectivity index (χ0v) is 8.60. The maximum absolute atomic E-state index is 11.5. The van der Waals surface area contributed by atoms with Crippen LogP contribution in [0.2, 0.25) is 0 Å². The fraction of sp³-hybridized carbons (Fsp3) is 0.889. The van der Waals surface area contributed by atoms with Crippen LogP contribution in [0.5, 0.6) is 0 Å². The van der Waals surface area contributed by atoms with Gasteiger partial charge in [-0.15, -0.1) is 0 Å². The number of hydrogen-bond donors (Lipinski definition) is 1. The lowest BCUT2D eigenvalue weighted by Gasteiger charge is -2.27. The highest BCUT2D eigenvalue weighted by atomic mass is 32.2. The fourth-order valence-electron chi connectivity index (χ4n) is 1.56. The van der Waals surface area contributed by atoms with Crippen molar-refractivity contribution in [2.24, 2.45) is 5.92 Å². The molecule has 3 atom stereocenters. The van der Waals surface area contributed by atoms with Crippen molar-refractivity contribution in [2.45, 2.75) is 25.5 Å². The maximum Gasteiger partial charge on any atom is 0.249 e. The maximum atomic E-state index is 11.5. The fourth-order valence-corrected chi connectivity index (χ4v) is 2.97. The summed E-state index contributed by atoms with van der Waals surface area (Å²) < 4.78 is 5.12. The lowest BCUT2D eigenvalue weighted by Crippen LogP contribution is -2.48. The molecule has 2 aliphatic rings. The standard InChI is InChI=1S/C9H15NO2S/c1-6-4-13-5-7(6)10-9(11)8-2-3-12-8/h6-8H,2-5H2,1H3,(H,10,11). The number of carbonyl (C=O) groups is 1. The summed E-state index contributed by atoms with van der Waals surface area (Å²) in [6, 6.07) is 0.363. The zero-order chi connectivity index (χ0) is 9.26. The summed E-state index contributed by atoms with van der Waals surface area (Å²) in [4.78, 5) is 11.5. The number of thioether (sulfide) groups is 1. The molecule has 0 aromatic heterocycles. The molecule has 2 fully saturated rings. The number of hydrogen-bond acceptors (Lipinski definition) is 3. The lowest BCUT2D eigenvalue weighted by molar-refractivity contribution is -0.145. The predicted octanol–water partition coefficient (Wildman–Crippen LogP) is 0.643. The van der Waals surface area contributed by atoms with Crippen LogP contribution in [0.3, 0.4) is 0 Å². The first-order valence-electron chi connectivity index (χ1n) is 4.77. The van der Waals surface area contributed by atoms with Gasteiger partial charge in [0.25, 0.3) is 0 Å². The van der Waals surface area contributed by atoms with E-state index in [4.69, 9.17) is 4.74 Å². The molecule has 3 unspecified atom stereocenters. The minimum Gasteiger partial charge on any atom is -0.368 e. The molecule has 2 saturated heterocycles. The van der Waals surface area contributed by atoms with Gasteiger partial charge in [-0.25, -0.2) is 0 Å². The van der Waals surface area contributed by atoms with Gasteiger partial charge in [-0.3, -0.25) is 4.79 Å². The molecule has 0 aromatic carbocycles. The predicted molar refractivity (Wildman–Crippen MR) is 52.8 cm³/mol. The third-order valence-electron chi connectivity index (χ3n) is 2.68. The molecule has 2 rings (SSSR count). The summed E-state index contributed by atoms with van der Waals surface area (Å²) >= 11 is 1.91. The van der Waals surface area contributed by atoms with Crippen molar-refractivity contribution in [3.8, 4) is 0 Å². The highest BCUT2D eigenvalue weighted by Crippen LogP contribution is 2.24. The number of nitrogens with one attached hydrogen (secondary N) is 1. The van der Waals surface area contributed by atoms with E-state index >= 15 is 0 Å². The van der Waals surface area contributed by atoms with Crippen LogP contribution in [0, 0.1) is 5.92 Å². The molecule has 4 heteroatoms. The van der Waals surface area contributed by atoms with Gasteiger partial charge in [0.05, 0.1) is 6.61 Å². The second-order valence-corrected chi connectivity index (χ2v) is 4.85. The van der Waals surface area contributed by atoms with E-state index in [9.17, 15) is 4.79 Å². The van der Waals surface area contributed by atoms with E-state index in [1.165, 1.54) is 0 Å². The summed E-state index contributed by atoms with van der Waals surface area (Å²) in [7, 11) is 0. The third kappa shape index (κ3) is 1.99. The Kier molecular flexibility index (Phi) is 2.79. The van der Waals surface area contributed by atoms with Gasteiger partial charge < -0.3 is 10.1 Å². The molecular weight excluding hydrogens is 186 g/mol. The van der Waals surface area contributed by atoms with Crippen LogP contribution in [0.25, 0.3) is 0 Å². The number of rotatable bonds is 2. The van der Waals surface area contributed by atoms with Gasteiger partial charge in [0.15, 0.2) is 0 Å². The molecule has 0 aliphatic carbocycles. The number of ether oxygens (including phenoxy) is 1. The summed E-state index contributed by atoms with van der Waals surface area (Å²) in [6.07, 6.45) is 0.734. The van der Waals surface area contributed by atoms with E-state index in [1.807, 2.05) is 11.8 Å². The minimum absolute atomic E-state index is 0.0885. The van der Waals surface area contributed by atoms with Gasteiger partial charge >= 0.3 is 0 Å². The van der Waals surface area contributed by atoms with Crippen LogP contribution in [0.15, 0.2) is 0 Å². The molecule has 2 heterocycles. The van der Waals surface area contributed by atoms with Crippen LogP contribution >= 0.6 is 11.8 Å². The molecule has 3 nitrogen and oxygen atoms in total. The Bertz CT molecular complexity index is 206. The summed E-state index contributed by atoms with van der Waals surface area (Å²) in [5, 5.41) is 3.05. The average molecular weight is 201 g/mol. The van der Waals surface area contributed by atoms with Gasteiger partial charge in [0, 0.05) is 18.2 Å². The quantitative estimate of drug-likeness (QED) is 0.712. The molecular formula is C9H15NO2S. The topological polar surface area (TPSA) is 38.3 Å². The van der Waals surface area contributed by atoms with Crippen molar-refractivity contribution >= 4 is 17.7 Å². The van der Waals surface area contributed by atoms with E-state index in [2.05, 4.69) is 12.2 Å². The molecule has 74 valence electrons. The first-order chi connectivity index (χ1) is 6.27. The monoisotopic (exact) mass is 201 g/mol. The van der Waals surface area contributed by atoms with Crippen molar-refractivity contribution in [3.63, 3.8) is 0 Å². The Morgan fingerprint density at radius 1 is 1.54 bits per heavy atom. The lowest BCUT2D eigenvalue weighted by atomic mass is 10.1. The Morgan fingerprint density at radius 3 is 2.77 bits per heavy atom. The summed E-state index contributed by atoms with van der Waals surface area (Å²) in [5.41, 5.74) is 0. The van der Waals surface area contributed by atoms with Crippen molar-refractivity contribution < 1.29 is 9.53 Å². The van der Waals surface area contributed by atoms with Gasteiger partial charge in [0.1, 0.15) is 6.10 Å². The smallest absolute Gasteiger partial charge is 0.249 e. The first-order valence-corrected chi connectivity index (χ1v) is 5.92. The Balaban J connectivity index is 1.79. The van der Waals surface area contributed by atoms with E-state index < -0.39 is 0 Å². The third-order valence-corrected chi connectivity index (χ3v) is 4.04. The molecule has 0 spiro atoms. The van der Waals surface area contributed by atoms with Crippen molar-refractivity contribution in [1.29, 1.82) is 0 Å². The van der Waals surface area contributed by atoms with Crippen LogP contribution in [0.4, 0.5) is 0 Å². The van der Waals surface area contributed by atoms with Gasteiger partial charge in [0.2, 0.25) is 5.91 Å². The molecule has 0 aromatic rings. The van der Waals surface area contributed by atoms with E-state index in [0.717, 1.165) is 24.5 Å². The first kappa shape index (κ1) is 9.34. The molecule has 0 bridgehead atoms. The Hall–Kier alpha value is -0.220. The van der Waals surface area contributed by atoms with Gasteiger partial charge in [-0.05, 0) is 11.7 Å². The minimum atomic E-state index is -0.155. The average Bonchev–Trinajstić information content (AvgIpc) is 2.32. The Morgan fingerprint density at radius 2 is 2.31 bits per heavy atom. The number of carbonyl (C=O) groups excluding carboxylic acids is 1. The van der Waals surface area contributed by atoms with Gasteiger partial charge in [-0.2, -0.15) is 11.8 Å². The molecule has 13 heavy (non-hydrogen) atoms. The van der Waals surface area contributed by atoms with E-state index in [1.54, 1.807) is 0 Å². The molecule has 0 radical (unpaired) electrons. The zero-order valence-electron chi connectivity index (χ0n) is 7.79. The van der Waals surface area contributed by atoms with E-state index in [0.29, 0.717) is 12.0 Å². The van der Waals surface area contributed by atoms with Crippen molar-refractivity contribution in [3.05, 3.63) is 0 Å².